The smallest absolute Gasteiger partial charge is 0.335 e. The Morgan fingerprint density at radius 2 is 2.16 bits per heavy atom. The fourth-order valence-corrected chi connectivity index (χ4v) is 1.81. The maximum Gasteiger partial charge on any atom is 0.335 e. The van der Waals surface area contributed by atoms with Crippen LogP contribution in [-0.2, 0) is 0 Å². The Morgan fingerprint density at radius 1 is 1.32 bits per heavy atom. The van der Waals surface area contributed by atoms with Crippen molar-refractivity contribution >= 4 is 11.6 Å². The third-order valence-electron chi connectivity index (χ3n) is 2.71. The molecule has 19 heavy (non-hydrogen) atoms. The third kappa shape index (κ3) is 2.03. The standard InChI is InChI=1S/C13H8FN3O2/c14-10-3-9(5-15-6-10)11-7-17-2-1-8(13(18)19)4-12(17)16-11/h1-7H,(H,18,19). The van der Waals surface area contributed by atoms with E-state index in [1.807, 2.05) is 0 Å². The molecule has 0 aliphatic heterocycles. The number of aromatic nitrogens is 3. The van der Waals surface area contributed by atoms with Gasteiger partial charge in [-0.3, -0.25) is 4.98 Å². The minimum atomic E-state index is -1.01. The fourth-order valence-electron chi connectivity index (χ4n) is 1.81. The molecule has 3 rings (SSSR count). The molecule has 3 heterocycles. The van der Waals surface area contributed by atoms with E-state index in [2.05, 4.69) is 9.97 Å². The summed E-state index contributed by atoms with van der Waals surface area (Å²) in [6.07, 6.45) is 5.91. The van der Waals surface area contributed by atoms with E-state index in [9.17, 15) is 9.18 Å². The lowest BCUT2D eigenvalue weighted by Gasteiger charge is -1.94. The average molecular weight is 257 g/mol. The Bertz CT molecular complexity index is 782. The van der Waals surface area contributed by atoms with Gasteiger partial charge in [-0.2, -0.15) is 0 Å². The topological polar surface area (TPSA) is 67.5 Å². The van der Waals surface area contributed by atoms with Crippen LogP contribution in [0.3, 0.4) is 0 Å². The van der Waals surface area contributed by atoms with Crippen LogP contribution in [-0.4, -0.2) is 25.4 Å². The van der Waals surface area contributed by atoms with Crippen molar-refractivity contribution in [3.8, 4) is 11.3 Å². The van der Waals surface area contributed by atoms with Crippen LogP contribution in [0.1, 0.15) is 10.4 Å². The summed E-state index contributed by atoms with van der Waals surface area (Å²) >= 11 is 0. The molecule has 0 fully saturated rings. The van der Waals surface area contributed by atoms with Gasteiger partial charge in [0.2, 0.25) is 0 Å². The highest BCUT2D eigenvalue weighted by Gasteiger charge is 2.08. The van der Waals surface area contributed by atoms with Crippen molar-refractivity contribution in [1.29, 1.82) is 0 Å². The molecule has 0 atom stereocenters. The number of carbonyl (C=O) groups is 1. The number of pyridine rings is 2. The van der Waals surface area contributed by atoms with E-state index in [-0.39, 0.29) is 5.56 Å². The first-order valence-corrected chi connectivity index (χ1v) is 5.46. The zero-order chi connectivity index (χ0) is 13.4. The van der Waals surface area contributed by atoms with E-state index in [1.54, 1.807) is 16.8 Å². The number of carboxylic acid groups (broad SMARTS) is 1. The van der Waals surface area contributed by atoms with Crippen molar-refractivity contribution in [2.75, 3.05) is 0 Å². The predicted octanol–water partition coefficient (Wildman–Crippen LogP) is 2.23. The van der Waals surface area contributed by atoms with Crippen molar-refractivity contribution < 1.29 is 14.3 Å². The van der Waals surface area contributed by atoms with Gasteiger partial charge in [0, 0.05) is 24.2 Å². The molecule has 0 aliphatic carbocycles. The van der Waals surface area contributed by atoms with Gasteiger partial charge in [-0.05, 0) is 18.2 Å². The van der Waals surface area contributed by atoms with Crippen molar-refractivity contribution in [3.05, 3.63) is 54.4 Å². The summed E-state index contributed by atoms with van der Waals surface area (Å²) < 4.78 is 14.8. The van der Waals surface area contributed by atoms with Crippen LogP contribution in [0.25, 0.3) is 16.9 Å². The molecular formula is C13H8FN3O2. The van der Waals surface area contributed by atoms with Gasteiger partial charge in [0.05, 0.1) is 17.5 Å². The van der Waals surface area contributed by atoms with Gasteiger partial charge in [0.15, 0.2) is 0 Å². The van der Waals surface area contributed by atoms with E-state index in [0.29, 0.717) is 16.9 Å². The number of fused-ring (bicyclic) bond motifs is 1. The molecule has 3 aromatic rings. The molecule has 1 N–H and O–H groups in total. The summed E-state index contributed by atoms with van der Waals surface area (Å²) in [5.41, 5.74) is 1.72. The van der Waals surface area contributed by atoms with E-state index < -0.39 is 11.8 Å². The Morgan fingerprint density at radius 3 is 2.89 bits per heavy atom. The summed E-state index contributed by atoms with van der Waals surface area (Å²) in [5, 5.41) is 8.91. The summed E-state index contributed by atoms with van der Waals surface area (Å²) in [6, 6.07) is 4.26. The summed E-state index contributed by atoms with van der Waals surface area (Å²) in [5.74, 6) is -1.46. The van der Waals surface area contributed by atoms with Crippen molar-refractivity contribution in [1.82, 2.24) is 14.4 Å². The molecule has 0 unspecified atom stereocenters. The van der Waals surface area contributed by atoms with Crippen molar-refractivity contribution in [2.24, 2.45) is 0 Å². The summed E-state index contributed by atoms with van der Waals surface area (Å²) in [6.45, 7) is 0. The Kier molecular flexibility index (Phi) is 2.49. The molecule has 3 aromatic heterocycles. The summed E-state index contributed by atoms with van der Waals surface area (Å²) in [4.78, 5) is 18.9. The van der Waals surface area contributed by atoms with Gasteiger partial charge < -0.3 is 9.51 Å². The quantitative estimate of drug-likeness (QED) is 0.764. The molecule has 6 heteroatoms. The maximum absolute atomic E-state index is 13.1. The first kappa shape index (κ1) is 11.3. The SMILES string of the molecule is O=C(O)c1ccn2cc(-c3cncc(F)c3)nc2c1. The molecule has 0 amide bonds. The second-order valence-electron chi connectivity index (χ2n) is 4.00. The second kappa shape index (κ2) is 4.16. The number of halogens is 1. The van der Waals surface area contributed by atoms with Crippen LogP contribution >= 0.6 is 0 Å². The van der Waals surface area contributed by atoms with E-state index >= 15 is 0 Å². The zero-order valence-electron chi connectivity index (χ0n) is 9.62. The maximum atomic E-state index is 13.1. The number of aromatic carboxylic acids is 1. The lowest BCUT2D eigenvalue weighted by Crippen LogP contribution is -1.96. The normalized spacial score (nSPS) is 10.8. The van der Waals surface area contributed by atoms with E-state index in [0.717, 1.165) is 6.20 Å². The predicted molar refractivity (Wildman–Crippen MR) is 65.3 cm³/mol. The number of imidazole rings is 1. The fraction of sp³-hybridized carbons (Fsp3) is 0. The minimum absolute atomic E-state index is 0.155. The molecule has 5 nitrogen and oxygen atoms in total. The number of hydrogen-bond donors (Lipinski definition) is 1. The van der Waals surface area contributed by atoms with Gasteiger partial charge in [0.25, 0.3) is 0 Å². The third-order valence-corrected chi connectivity index (χ3v) is 2.71. The Labute approximate surface area is 107 Å². The second-order valence-corrected chi connectivity index (χ2v) is 4.00. The number of nitrogens with zero attached hydrogens (tertiary/aromatic N) is 3. The van der Waals surface area contributed by atoms with Gasteiger partial charge in [-0.1, -0.05) is 0 Å². The van der Waals surface area contributed by atoms with Crippen LogP contribution in [0, 0.1) is 5.82 Å². The van der Waals surface area contributed by atoms with Gasteiger partial charge in [-0.25, -0.2) is 14.2 Å². The summed E-state index contributed by atoms with van der Waals surface area (Å²) in [7, 11) is 0. The Balaban J connectivity index is 2.14. The molecule has 0 spiro atoms. The average Bonchev–Trinajstić information content (AvgIpc) is 2.81. The number of carboxylic acids is 1. The minimum Gasteiger partial charge on any atom is -0.478 e. The van der Waals surface area contributed by atoms with Crippen LogP contribution in [0.5, 0.6) is 0 Å². The van der Waals surface area contributed by atoms with E-state index in [1.165, 1.54) is 24.4 Å². The Hall–Kier alpha value is -2.76. The van der Waals surface area contributed by atoms with Crippen LogP contribution in [0.2, 0.25) is 0 Å². The van der Waals surface area contributed by atoms with Gasteiger partial charge in [-0.15, -0.1) is 0 Å². The number of hydrogen-bond acceptors (Lipinski definition) is 3. The highest BCUT2D eigenvalue weighted by Crippen LogP contribution is 2.19. The highest BCUT2D eigenvalue weighted by molar-refractivity contribution is 5.88. The van der Waals surface area contributed by atoms with Crippen LogP contribution < -0.4 is 0 Å². The van der Waals surface area contributed by atoms with E-state index in [4.69, 9.17) is 5.11 Å². The zero-order valence-corrected chi connectivity index (χ0v) is 9.62. The first-order chi connectivity index (χ1) is 9.13. The molecule has 0 radical (unpaired) electrons. The highest BCUT2D eigenvalue weighted by atomic mass is 19.1. The van der Waals surface area contributed by atoms with Gasteiger partial charge in [0.1, 0.15) is 11.5 Å². The molecule has 0 bridgehead atoms. The van der Waals surface area contributed by atoms with Crippen molar-refractivity contribution in [2.45, 2.75) is 0 Å². The lowest BCUT2D eigenvalue weighted by molar-refractivity contribution is 0.0697. The van der Waals surface area contributed by atoms with Crippen LogP contribution in [0.15, 0.2) is 43.0 Å². The molecule has 0 aliphatic rings. The number of rotatable bonds is 2. The first-order valence-electron chi connectivity index (χ1n) is 5.46. The largest absolute Gasteiger partial charge is 0.478 e. The molecule has 94 valence electrons. The molecule has 0 aromatic carbocycles. The monoisotopic (exact) mass is 257 g/mol. The van der Waals surface area contributed by atoms with Crippen molar-refractivity contribution in [3.63, 3.8) is 0 Å². The van der Waals surface area contributed by atoms with Gasteiger partial charge >= 0.3 is 5.97 Å². The molecule has 0 saturated heterocycles. The molecular weight excluding hydrogens is 249 g/mol. The molecule has 0 saturated carbocycles. The van der Waals surface area contributed by atoms with Crippen LogP contribution in [0.4, 0.5) is 4.39 Å². The lowest BCUT2D eigenvalue weighted by atomic mass is 10.2.